The zero-order valence-corrected chi connectivity index (χ0v) is 37.7. The molecule has 4 aliphatic rings. The van der Waals surface area contributed by atoms with Crippen LogP contribution >= 0.6 is 11.6 Å². The summed E-state index contributed by atoms with van der Waals surface area (Å²) in [5.74, 6) is -2.96. The van der Waals surface area contributed by atoms with Crippen LogP contribution in [0, 0.1) is 11.6 Å². The van der Waals surface area contributed by atoms with Gasteiger partial charge in [0.1, 0.15) is 17.7 Å². The molecule has 0 radical (unpaired) electrons. The van der Waals surface area contributed by atoms with Gasteiger partial charge in [-0.1, -0.05) is 19.0 Å². The van der Waals surface area contributed by atoms with E-state index in [1.54, 1.807) is 14.7 Å². The number of carbonyl (C=O) groups excluding carboxylic acids is 8. The lowest BCUT2D eigenvalue weighted by molar-refractivity contribution is -0.179. The third kappa shape index (κ3) is 13.1. The van der Waals surface area contributed by atoms with E-state index in [2.05, 4.69) is 15.9 Å². The minimum Gasteiger partial charge on any atom is -0.379 e. The van der Waals surface area contributed by atoms with Crippen LogP contribution in [0.4, 0.5) is 13.6 Å². The number of carbonyl (C=O) groups is 8. The SMILES string of the molecule is C.CC(=O)N1CCN(C(=O)C(=O)c2c[nH]c3c(C(N)=O)ccc(F)c23)CC1.ClCON1CCOCC1.NC(=O)c1ccc(F)c2c(C(=O)C(=O)N3CCN(C(=O)N4CCOCC4)CC3)c[nH]c12.NO. The number of hydroxylamine groups is 2. The normalized spacial score (nSPS) is 16.2. The molecule has 0 bridgehead atoms. The molecule has 69 heavy (non-hydrogen) atoms. The average Bonchev–Trinajstić information content (AvgIpc) is 4.02. The number of hydrogen-bond acceptors (Lipinski definition) is 14. The molecule has 0 unspecified atom stereocenters. The van der Waals surface area contributed by atoms with E-state index in [-0.39, 0.29) is 95.7 Å². The maximum absolute atomic E-state index is 14.4. The molecule has 0 spiro atoms. The van der Waals surface area contributed by atoms with Gasteiger partial charge in [-0.15, -0.1) is 0 Å². The Morgan fingerprint density at radius 3 is 1.33 bits per heavy atom. The van der Waals surface area contributed by atoms with Crippen LogP contribution < -0.4 is 17.4 Å². The number of Topliss-reactive ketones (excluding diaryl/α,β-unsaturated/α-hetero) is 2. The van der Waals surface area contributed by atoms with Gasteiger partial charge in [0.05, 0.1) is 59.7 Å². The molecule has 6 heterocycles. The number of H-pyrrole nitrogens is 2. The standard InChI is InChI=1S/C20H22FN5O5.C17H17FN4O4.C5H10ClNO2.CH4.H3NO/c21-14-2-1-12(18(22)28)16-15(14)13(11-23-16)17(27)19(29)24-3-5-25(6-4-24)20(30)26-7-9-31-10-8-26;1-9(23)21-4-6-22(7-5-21)17(26)15(24)11-8-20-14-10(16(19)25)2-3-12(18)13(11)14;6-5-9-7-1-3-8-4-2-7;;1-2/h1-2,11,23H,3-10H2,(H2,22,28);2-3,8,20H,4-7H2,1H3,(H2,19,25);1-5H2;1H4;2H,1H2. The summed E-state index contributed by atoms with van der Waals surface area (Å²) in [5.41, 5.74) is 10.5. The quantitative estimate of drug-likeness (QED) is 0.0619. The number of halogens is 3. The molecular weight excluding hydrogens is 936 g/mol. The van der Waals surface area contributed by atoms with Gasteiger partial charge in [-0.05, 0) is 24.3 Å². The van der Waals surface area contributed by atoms with E-state index in [0.717, 1.165) is 38.4 Å². The van der Waals surface area contributed by atoms with Crippen LogP contribution in [0.15, 0.2) is 36.7 Å². The Bertz CT molecular complexity index is 2490. The first-order valence-corrected chi connectivity index (χ1v) is 21.7. The van der Waals surface area contributed by atoms with Gasteiger partial charge < -0.3 is 60.6 Å². The summed E-state index contributed by atoms with van der Waals surface area (Å²) < 4.78 is 39.0. The smallest absolute Gasteiger partial charge is 0.320 e. The first-order chi connectivity index (χ1) is 32.6. The minimum atomic E-state index is -0.889. The van der Waals surface area contributed by atoms with E-state index >= 15 is 0 Å². The largest absolute Gasteiger partial charge is 0.379 e. The number of rotatable bonds is 8. The van der Waals surface area contributed by atoms with Crippen molar-refractivity contribution in [3.63, 3.8) is 0 Å². The van der Waals surface area contributed by atoms with Crippen molar-refractivity contribution in [2.75, 3.05) is 111 Å². The molecule has 376 valence electrons. The highest BCUT2D eigenvalue weighted by molar-refractivity contribution is 6.45. The number of nitrogens with one attached hydrogen (secondary N) is 2. The van der Waals surface area contributed by atoms with E-state index in [4.69, 9.17) is 42.6 Å². The van der Waals surface area contributed by atoms with E-state index in [0.29, 0.717) is 52.5 Å². The molecule has 2 aromatic heterocycles. The van der Waals surface area contributed by atoms with Gasteiger partial charge in [0.25, 0.3) is 35.2 Å². The number of nitrogens with two attached hydrogens (primary N) is 3. The lowest BCUT2D eigenvalue weighted by Gasteiger charge is -2.38. The topological polar surface area (TPSA) is 314 Å². The molecule has 2 aromatic carbocycles. The van der Waals surface area contributed by atoms with Gasteiger partial charge in [0, 0.05) is 109 Å². The van der Waals surface area contributed by atoms with E-state index in [1.165, 1.54) is 41.2 Å². The maximum atomic E-state index is 14.4. The number of amides is 7. The number of nitrogens with zero attached hydrogens (tertiary/aromatic N) is 6. The number of alkyl halides is 1. The Labute approximate surface area is 399 Å². The van der Waals surface area contributed by atoms with Gasteiger partial charge in [0.2, 0.25) is 5.91 Å². The van der Waals surface area contributed by atoms with E-state index in [9.17, 15) is 47.1 Å². The number of ether oxygens (including phenoxy) is 2. The van der Waals surface area contributed by atoms with Crippen molar-refractivity contribution in [3.8, 4) is 0 Å². The van der Waals surface area contributed by atoms with Crippen molar-refractivity contribution in [2.24, 2.45) is 17.4 Å². The highest BCUT2D eigenvalue weighted by atomic mass is 35.5. The van der Waals surface area contributed by atoms with Gasteiger partial charge in [-0.3, -0.25) is 38.4 Å². The predicted molar refractivity (Wildman–Crippen MR) is 244 cm³/mol. The molecule has 7 amide bonds. The Morgan fingerprint density at radius 1 is 0.594 bits per heavy atom. The van der Waals surface area contributed by atoms with Gasteiger partial charge >= 0.3 is 6.03 Å². The van der Waals surface area contributed by atoms with Crippen molar-refractivity contribution >= 4 is 80.5 Å². The van der Waals surface area contributed by atoms with E-state index < -0.39 is 46.8 Å². The van der Waals surface area contributed by atoms with Gasteiger partial charge in [0.15, 0.2) is 0 Å². The zero-order chi connectivity index (χ0) is 49.7. The fraction of sp³-hybridized carbons (Fsp3) is 0.442. The van der Waals surface area contributed by atoms with Gasteiger partial charge in [-0.25, -0.2) is 19.5 Å². The number of urea groups is 1. The number of morpholine rings is 2. The molecule has 0 saturated carbocycles. The van der Waals surface area contributed by atoms with E-state index in [1.807, 2.05) is 5.06 Å². The molecule has 9 N–H and O–H groups in total. The summed E-state index contributed by atoms with van der Waals surface area (Å²) >= 11 is 5.33. The van der Waals surface area contributed by atoms with Crippen molar-refractivity contribution in [3.05, 3.63) is 70.5 Å². The van der Waals surface area contributed by atoms with Crippen LogP contribution in [-0.2, 0) is 28.7 Å². The number of ketones is 2. The molecule has 0 atom stereocenters. The summed E-state index contributed by atoms with van der Waals surface area (Å²) in [7, 11) is 0. The first-order valence-electron chi connectivity index (χ1n) is 21.1. The Kier molecular flexibility index (Phi) is 20.5. The van der Waals surface area contributed by atoms with Gasteiger partial charge in [-0.2, -0.15) is 5.06 Å². The highest BCUT2D eigenvalue weighted by Gasteiger charge is 2.33. The monoisotopic (exact) mass is 991 g/mol. The van der Waals surface area contributed by atoms with Crippen LogP contribution in [-0.4, -0.2) is 203 Å². The highest BCUT2D eigenvalue weighted by Crippen LogP contribution is 2.27. The number of aromatic nitrogens is 2. The lowest BCUT2D eigenvalue weighted by atomic mass is 10.0. The average molecular weight is 992 g/mol. The third-order valence-corrected chi connectivity index (χ3v) is 11.4. The summed E-state index contributed by atoms with van der Waals surface area (Å²) in [4.78, 5) is 116. The Balaban J connectivity index is 0.000000246. The molecule has 0 aliphatic carbocycles. The second-order valence-electron chi connectivity index (χ2n) is 15.2. The fourth-order valence-corrected chi connectivity index (χ4v) is 7.86. The fourth-order valence-electron chi connectivity index (χ4n) is 7.73. The number of primary amides is 2. The minimum absolute atomic E-state index is 0. The lowest BCUT2D eigenvalue weighted by Crippen LogP contribution is -2.56. The first kappa shape index (κ1) is 55.0. The Hall–Kier alpha value is -6.61. The second-order valence-corrected chi connectivity index (χ2v) is 15.4. The Morgan fingerprint density at radius 2 is 0.957 bits per heavy atom. The summed E-state index contributed by atoms with van der Waals surface area (Å²) in [5, 5.41) is 8.04. The van der Waals surface area contributed by atoms with Crippen molar-refractivity contribution in [1.82, 2.24) is 39.5 Å². The summed E-state index contributed by atoms with van der Waals surface area (Å²) in [6.07, 6.45) is 2.41. The van der Waals surface area contributed by atoms with Crippen LogP contribution in [0.3, 0.4) is 0 Å². The summed E-state index contributed by atoms with van der Waals surface area (Å²) in [6.45, 7) is 8.72. The molecule has 8 rings (SSSR count). The summed E-state index contributed by atoms with van der Waals surface area (Å²) in [6, 6.07) is 4.63. The van der Waals surface area contributed by atoms with Crippen LogP contribution in [0.25, 0.3) is 21.8 Å². The van der Waals surface area contributed by atoms with Crippen molar-refractivity contribution < 1.29 is 66.7 Å². The van der Waals surface area contributed by atoms with Crippen LogP contribution in [0.5, 0.6) is 0 Å². The zero-order valence-electron chi connectivity index (χ0n) is 37.0. The molecule has 4 saturated heterocycles. The van der Waals surface area contributed by atoms with Crippen LogP contribution in [0.2, 0.25) is 0 Å². The number of piperazine rings is 2. The maximum Gasteiger partial charge on any atom is 0.320 e. The molecule has 26 heteroatoms. The molecule has 4 aromatic rings. The number of aromatic amines is 2. The molecule has 4 fully saturated rings. The second kappa shape index (κ2) is 25.7. The molecule has 23 nitrogen and oxygen atoms in total. The number of fused-ring (bicyclic) bond motifs is 2. The number of benzene rings is 2. The molecular formula is C43H56ClF2N11O12. The van der Waals surface area contributed by atoms with Crippen LogP contribution in [0.1, 0.15) is 55.8 Å². The third-order valence-electron chi connectivity index (χ3n) is 11.3. The van der Waals surface area contributed by atoms with Crippen molar-refractivity contribution in [2.45, 2.75) is 14.4 Å². The molecule has 4 aliphatic heterocycles. The number of hydrogen-bond donors (Lipinski definition) is 6. The predicted octanol–water partition coefficient (Wildman–Crippen LogP) is 0.881. The van der Waals surface area contributed by atoms with Crippen molar-refractivity contribution in [1.29, 1.82) is 0 Å².